The first-order chi connectivity index (χ1) is 7.83. The van der Waals surface area contributed by atoms with E-state index in [2.05, 4.69) is 46.0 Å². The highest BCUT2D eigenvalue weighted by molar-refractivity contribution is 6.74. The van der Waals surface area contributed by atoms with Gasteiger partial charge in [0.05, 0.1) is 0 Å². The first-order valence-electron chi connectivity index (χ1n) is 7.16. The van der Waals surface area contributed by atoms with Crippen molar-refractivity contribution in [3.8, 4) is 0 Å². The lowest BCUT2D eigenvalue weighted by Gasteiger charge is -2.39. The zero-order valence-electron chi connectivity index (χ0n) is 12.4. The molecule has 0 fully saturated rings. The molecule has 0 aromatic heterocycles. The zero-order chi connectivity index (χ0) is 12.9. The summed E-state index contributed by atoms with van der Waals surface area (Å²) < 4.78 is 6.55. The average Bonchev–Trinajstić information content (AvgIpc) is 2.29. The summed E-state index contributed by atoms with van der Waals surface area (Å²) in [6.45, 7) is 11.7. The Kier molecular flexibility index (Phi) is 5.45. The van der Waals surface area contributed by atoms with Crippen LogP contribution in [0.25, 0.3) is 0 Å². The normalized spacial score (nSPS) is 22.6. The quantitative estimate of drug-likeness (QED) is 0.481. The summed E-state index contributed by atoms with van der Waals surface area (Å²) in [5, 5.41) is 0.337. The third kappa shape index (κ3) is 4.97. The van der Waals surface area contributed by atoms with Crippen LogP contribution in [0.2, 0.25) is 18.1 Å². The molecule has 0 aromatic rings. The second-order valence-corrected chi connectivity index (χ2v) is 11.6. The van der Waals surface area contributed by atoms with Crippen LogP contribution in [0.3, 0.4) is 0 Å². The van der Waals surface area contributed by atoms with Crippen molar-refractivity contribution >= 4 is 8.32 Å². The van der Waals surface area contributed by atoms with Crippen molar-refractivity contribution in [2.75, 3.05) is 0 Å². The van der Waals surface area contributed by atoms with Crippen molar-refractivity contribution in [3.05, 3.63) is 12.2 Å². The summed E-state index contributed by atoms with van der Waals surface area (Å²) >= 11 is 0. The molecule has 0 heterocycles. The van der Waals surface area contributed by atoms with Gasteiger partial charge in [0, 0.05) is 6.10 Å². The van der Waals surface area contributed by atoms with Crippen LogP contribution in [-0.2, 0) is 4.43 Å². The van der Waals surface area contributed by atoms with Crippen LogP contribution in [-0.4, -0.2) is 14.4 Å². The number of hydrogen-bond acceptors (Lipinski definition) is 1. The molecule has 0 spiro atoms. The Morgan fingerprint density at radius 1 is 1.00 bits per heavy atom. The molecular weight excluding hydrogens is 224 g/mol. The van der Waals surface area contributed by atoms with Gasteiger partial charge in [-0.15, -0.1) is 0 Å². The lowest BCUT2D eigenvalue weighted by atomic mass is 10.1. The van der Waals surface area contributed by atoms with Crippen molar-refractivity contribution in [3.63, 3.8) is 0 Å². The van der Waals surface area contributed by atoms with E-state index in [1.807, 2.05) is 0 Å². The molecule has 0 saturated carbocycles. The fourth-order valence-electron chi connectivity index (χ4n) is 2.02. The molecular formula is C15H30OSi. The maximum atomic E-state index is 6.55. The van der Waals surface area contributed by atoms with E-state index in [1.165, 1.54) is 38.5 Å². The predicted octanol–water partition coefficient (Wildman–Crippen LogP) is 5.29. The zero-order valence-corrected chi connectivity index (χ0v) is 13.4. The third-order valence-electron chi connectivity index (χ3n) is 4.23. The average molecular weight is 254 g/mol. The van der Waals surface area contributed by atoms with E-state index in [9.17, 15) is 0 Å². The molecule has 0 bridgehead atoms. The van der Waals surface area contributed by atoms with Crippen LogP contribution in [0.1, 0.15) is 59.3 Å². The van der Waals surface area contributed by atoms with Gasteiger partial charge in [-0.25, -0.2) is 0 Å². The van der Waals surface area contributed by atoms with Crippen molar-refractivity contribution in [2.45, 2.75) is 83.5 Å². The summed E-state index contributed by atoms with van der Waals surface area (Å²) in [6.07, 6.45) is 12.7. The molecule has 2 heteroatoms. The molecule has 0 N–H and O–H groups in total. The van der Waals surface area contributed by atoms with Gasteiger partial charge in [-0.3, -0.25) is 0 Å². The lowest BCUT2D eigenvalue weighted by Crippen LogP contribution is -2.43. The van der Waals surface area contributed by atoms with Crippen LogP contribution < -0.4 is 0 Å². The first kappa shape index (κ1) is 15.0. The van der Waals surface area contributed by atoms with E-state index < -0.39 is 8.32 Å². The Balaban J connectivity index is 2.54. The van der Waals surface area contributed by atoms with Crippen molar-refractivity contribution in [2.24, 2.45) is 0 Å². The van der Waals surface area contributed by atoms with Crippen LogP contribution in [0, 0.1) is 0 Å². The van der Waals surface area contributed by atoms with Crippen molar-refractivity contribution in [1.82, 2.24) is 0 Å². The monoisotopic (exact) mass is 254 g/mol. The number of rotatable bonds is 2. The fourth-order valence-corrected chi connectivity index (χ4v) is 3.44. The van der Waals surface area contributed by atoms with Crippen molar-refractivity contribution in [1.29, 1.82) is 0 Å². The van der Waals surface area contributed by atoms with Crippen LogP contribution in [0.5, 0.6) is 0 Å². The molecule has 0 amide bonds. The van der Waals surface area contributed by atoms with Gasteiger partial charge in [-0.05, 0) is 56.7 Å². The molecule has 1 aliphatic rings. The highest BCUT2D eigenvalue weighted by atomic mass is 28.4. The smallest absolute Gasteiger partial charge is 0.192 e. The van der Waals surface area contributed by atoms with Gasteiger partial charge < -0.3 is 4.43 Å². The van der Waals surface area contributed by atoms with E-state index in [0.717, 1.165) is 0 Å². The Morgan fingerprint density at radius 3 is 1.88 bits per heavy atom. The van der Waals surface area contributed by atoms with Gasteiger partial charge in [0.2, 0.25) is 0 Å². The van der Waals surface area contributed by atoms with Gasteiger partial charge in [-0.2, -0.15) is 0 Å². The molecule has 0 radical (unpaired) electrons. The first-order valence-corrected chi connectivity index (χ1v) is 10.1. The van der Waals surface area contributed by atoms with Gasteiger partial charge in [-0.1, -0.05) is 32.9 Å². The second-order valence-electron chi connectivity index (χ2n) is 6.83. The molecule has 0 aliphatic heterocycles. The van der Waals surface area contributed by atoms with Gasteiger partial charge >= 0.3 is 0 Å². The predicted molar refractivity (Wildman–Crippen MR) is 78.9 cm³/mol. The van der Waals surface area contributed by atoms with E-state index >= 15 is 0 Å². The highest BCUT2D eigenvalue weighted by Crippen LogP contribution is 2.38. The Labute approximate surface area is 109 Å². The summed E-state index contributed by atoms with van der Waals surface area (Å²) in [6, 6.07) is 0. The topological polar surface area (TPSA) is 9.23 Å². The molecule has 1 aliphatic carbocycles. The minimum absolute atomic E-state index is 0.337. The number of hydrogen-bond donors (Lipinski definition) is 0. The van der Waals surface area contributed by atoms with Crippen molar-refractivity contribution < 1.29 is 4.43 Å². The molecule has 1 nitrogen and oxygen atoms in total. The molecule has 100 valence electrons. The van der Waals surface area contributed by atoms with Gasteiger partial charge in [0.15, 0.2) is 8.32 Å². The largest absolute Gasteiger partial charge is 0.414 e. The minimum atomic E-state index is -1.57. The summed E-state index contributed by atoms with van der Waals surface area (Å²) in [4.78, 5) is 0. The minimum Gasteiger partial charge on any atom is -0.414 e. The molecule has 0 aromatic carbocycles. The summed E-state index contributed by atoms with van der Waals surface area (Å²) in [7, 11) is -1.57. The van der Waals surface area contributed by atoms with E-state index in [-0.39, 0.29) is 0 Å². The molecule has 0 saturated heterocycles. The van der Waals surface area contributed by atoms with Gasteiger partial charge in [0.25, 0.3) is 0 Å². The van der Waals surface area contributed by atoms with Crippen LogP contribution in [0.15, 0.2) is 12.2 Å². The third-order valence-corrected chi connectivity index (χ3v) is 8.76. The molecule has 0 unspecified atom stereocenters. The SMILES string of the molecule is CC(C)(C)[Si](C)(C)OC1CCC/C=C\CCC1. The lowest BCUT2D eigenvalue weighted by molar-refractivity contribution is 0.157. The highest BCUT2D eigenvalue weighted by Gasteiger charge is 2.38. The number of allylic oxidation sites excluding steroid dienone is 2. The maximum absolute atomic E-state index is 6.55. The molecule has 17 heavy (non-hydrogen) atoms. The Bertz CT molecular complexity index is 238. The Morgan fingerprint density at radius 2 is 1.47 bits per heavy atom. The van der Waals surface area contributed by atoms with Gasteiger partial charge in [0.1, 0.15) is 0 Å². The van der Waals surface area contributed by atoms with E-state index in [0.29, 0.717) is 11.1 Å². The fraction of sp³-hybridized carbons (Fsp3) is 0.867. The maximum Gasteiger partial charge on any atom is 0.192 e. The Hall–Kier alpha value is -0.0831. The van der Waals surface area contributed by atoms with Crippen LogP contribution in [0.4, 0.5) is 0 Å². The second kappa shape index (κ2) is 6.19. The van der Waals surface area contributed by atoms with E-state index in [4.69, 9.17) is 4.43 Å². The standard InChI is InChI=1S/C15H30OSi/c1-15(2,3)17(4,5)16-14-12-10-8-6-7-9-11-13-14/h6-7,14H,8-13H2,1-5H3/b7-6-. The summed E-state index contributed by atoms with van der Waals surface area (Å²) in [5.74, 6) is 0. The molecule has 1 rings (SSSR count). The molecule has 0 atom stereocenters. The van der Waals surface area contributed by atoms with Crippen LogP contribution >= 0.6 is 0 Å². The van der Waals surface area contributed by atoms with E-state index in [1.54, 1.807) is 0 Å². The summed E-state index contributed by atoms with van der Waals surface area (Å²) in [5.41, 5.74) is 0.